The minimum Gasteiger partial charge on any atom is -0.368 e. The largest absolute Gasteiger partial charge is 0.368 e. The van der Waals surface area contributed by atoms with Crippen LogP contribution in [0.25, 0.3) is 0 Å². The van der Waals surface area contributed by atoms with Crippen LogP contribution in [0.1, 0.15) is 24.8 Å². The first-order valence-corrected chi connectivity index (χ1v) is 7.35. The highest BCUT2D eigenvalue weighted by atomic mass is 35.5. The van der Waals surface area contributed by atoms with Crippen LogP contribution in [0.5, 0.6) is 0 Å². The fourth-order valence-electron chi connectivity index (χ4n) is 3.26. The van der Waals surface area contributed by atoms with Gasteiger partial charge < -0.3 is 4.90 Å². The Kier molecular flexibility index (Phi) is 3.63. The maximum absolute atomic E-state index is 9.29. The highest BCUT2D eigenvalue weighted by Gasteiger charge is 2.29. The average Bonchev–Trinajstić information content (AvgIpc) is 2.46. The summed E-state index contributed by atoms with van der Waals surface area (Å²) in [4.78, 5) is 4.92. The van der Waals surface area contributed by atoms with E-state index in [9.17, 15) is 5.26 Å². The fourth-order valence-corrected chi connectivity index (χ4v) is 3.47. The van der Waals surface area contributed by atoms with Gasteiger partial charge in [0.05, 0.1) is 16.3 Å². The van der Waals surface area contributed by atoms with Gasteiger partial charge in [0.1, 0.15) is 6.07 Å². The van der Waals surface area contributed by atoms with E-state index in [-0.39, 0.29) is 0 Å². The molecule has 0 aromatic heterocycles. The van der Waals surface area contributed by atoms with Gasteiger partial charge in [-0.2, -0.15) is 5.26 Å². The summed E-state index contributed by atoms with van der Waals surface area (Å²) in [5.41, 5.74) is 1.62. The molecule has 2 aliphatic rings. The highest BCUT2D eigenvalue weighted by Crippen LogP contribution is 2.30. The van der Waals surface area contributed by atoms with Crippen molar-refractivity contribution in [1.29, 1.82) is 5.26 Å². The van der Waals surface area contributed by atoms with Crippen LogP contribution in [0.15, 0.2) is 18.2 Å². The van der Waals surface area contributed by atoms with E-state index in [1.54, 1.807) is 6.07 Å². The second kappa shape index (κ2) is 5.40. The number of piperazine rings is 1. The predicted octanol–water partition coefficient (Wildman–Crippen LogP) is 2.89. The Hall–Kier alpha value is -1.24. The summed E-state index contributed by atoms with van der Waals surface area (Å²) in [5.74, 6) is 0. The summed E-state index contributed by atoms with van der Waals surface area (Å²) in [5, 5.41) is 9.85. The molecule has 0 aliphatic carbocycles. The zero-order valence-electron chi connectivity index (χ0n) is 11.0. The summed E-state index contributed by atoms with van der Waals surface area (Å²) in [7, 11) is 0. The van der Waals surface area contributed by atoms with Crippen molar-refractivity contribution in [3.63, 3.8) is 0 Å². The second-order valence-electron chi connectivity index (χ2n) is 5.38. The van der Waals surface area contributed by atoms with Crippen LogP contribution in [0.3, 0.4) is 0 Å². The van der Waals surface area contributed by atoms with Crippen LogP contribution < -0.4 is 4.90 Å². The van der Waals surface area contributed by atoms with Crippen LogP contribution in [0.2, 0.25) is 5.02 Å². The van der Waals surface area contributed by atoms with Crippen molar-refractivity contribution in [2.75, 3.05) is 31.1 Å². The third-order valence-corrected chi connectivity index (χ3v) is 4.60. The number of hydrogen-bond donors (Lipinski definition) is 0. The van der Waals surface area contributed by atoms with Crippen molar-refractivity contribution in [2.45, 2.75) is 25.3 Å². The van der Waals surface area contributed by atoms with Gasteiger partial charge in [-0.3, -0.25) is 4.90 Å². The fraction of sp³-hybridized carbons (Fsp3) is 0.533. The topological polar surface area (TPSA) is 30.3 Å². The number of nitriles is 1. The molecule has 0 N–H and O–H groups in total. The molecule has 2 aliphatic heterocycles. The van der Waals surface area contributed by atoms with Gasteiger partial charge in [0.15, 0.2) is 0 Å². The molecule has 100 valence electrons. The number of hydrogen-bond acceptors (Lipinski definition) is 3. The Morgan fingerprint density at radius 1 is 1.21 bits per heavy atom. The molecular weight excluding hydrogens is 258 g/mol. The molecule has 3 rings (SSSR count). The Morgan fingerprint density at radius 2 is 2.11 bits per heavy atom. The maximum atomic E-state index is 9.29. The summed E-state index contributed by atoms with van der Waals surface area (Å²) in [6, 6.07) is 8.64. The monoisotopic (exact) mass is 275 g/mol. The van der Waals surface area contributed by atoms with E-state index in [1.165, 1.54) is 25.8 Å². The van der Waals surface area contributed by atoms with Gasteiger partial charge in [-0.25, -0.2) is 0 Å². The third-order valence-electron chi connectivity index (χ3n) is 4.28. The van der Waals surface area contributed by atoms with E-state index in [2.05, 4.69) is 15.9 Å². The quantitative estimate of drug-likeness (QED) is 0.789. The first-order valence-electron chi connectivity index (χ1n) is 6.97. The first kappa shape index (κ1) is 12.8. The molecule has 3 nitrogen and oxygen atoms in total. The van der Waals surface area contributed by atoms with Gasteiger partial charge in [-0.15, -0.1) is 0 Å². The van der Waals surface area contributed by atoms with Crippen LogP contribution in [0.4, 0.5) is 5.69 Å². The third kappa shape index (κ3) is 2.43. The van der Waals surface area contributed by atoms with E-state index < -0.39 is 0 Å². The lowest BCUT2D eigenvalue weighted by Gasteiger charge is -2.45. The minimum atomic E-state index is 0.561. The number of halogens is 1. The van der Waals surface area contributed by atoms with E-state index in [0.29, 0.717) is 16.6 Å². The van der Waals surface area contributed by atoms with Gasteiger partial charge in [-0.1, -0.05) is 24.1 Å². The van der Waals surface area contributed by atoms with Crippen LogP contribution in [0, 0.1) is 11.3 Å². The van der Waals surface area contributed by atoms with Crippen LogP contribution in [-0.2, 0) is 0 Å². The lowest BCUT2D eigenvalue weighted by molar-refractivity contribution is 0.133. The van der Waals surface area contributed by atoms with Crippen LogP contribution >= 0.6 is 11.6 Å². The smallest absolute Gasteiger partial charge is 0.103 e. The zero-order chi connectivity index (χ0) is 13.2. The summed E-state index contributed by atoms with van der Waals surface area (Å²) in [6.45, 7) is 4.35. The lowest BCUT2D eigenvalue weighted by Crippen LogP contribution is -2.55. The SMILES string of the molecule is N#Cc1c(Cl)cccc1N1CCN2CCCCC2C1. The molecule has 2 saturated heterocycles. The lowest BCUT2D eigenvalue weighted by atomic mass is 9.98. The van der Waals surface area contributed by atoms with Crippen molar-refractivity contribution >= 4 is 17.3 Å². The standard InChI is InChI=1S/C15H18ClN3/c16-14-5-3-6-15(13(14)10-17)19-9-8-18-7-2-1-4-12(18)11-19/h3,5-6,12H,1-2,4,7-9,11H2. The molecule has 4 heteroatoms. The Labute approximate surface area is 119 Å². The summed E-state index contributed by atoms with van der Waals surface area (Å²) >= 11 is 6.13. The van der Waals surface area contributed by atoms with Gasteiger partial charge in [0.2, 0.25) is 0 Å². The van der Waals surface area contributed by atoms with Crippen molar-refractivity contribution in [1.82, 2.24) is 4.90 Å². The van der Waals surface area contributed by atoms with Crippen molar-refractivity contribution in [3.8, 4) is 6.07 Å². The highest BCUT2D eigenvalue weighted by molar-refractivity contribution is 6.32. The average molecular weight is 276 g/mol. The van der Waals surface area contributed by atoms with E-state index >= 15 is 0 Å². The molecule has 1 aromatic carbocycles. The van der Waals surface area contributed by atoms with E-state index in [4.69, 9.17) is 11.6 Å². The Bertz CT molecular complexity index is 509. The number of nitrogens with zero attached hydrogens (tertiary/aromatic N) is 3. The van der Waals surface area contributed by atoms with E-state index in [1.807, 2.05) is 12.1 Å². The summed E-state index contributed by atoms with van der Waals surface area (Å²) < 4.78 is 0. The van der Waals surface area contributed by atoms with Crippen molar-refractivity contribution in [2.24, 2.45) is 0 Å². The van der Waals surface area contributed by atoms with E-state index in [0.717, 1.165) is 25.3 Å². The predicted molar refractivity (Wildman–Crippen MR) is 77.6 cm³/mol. The number of benzene rings is 1. The molecule has 0 saturated carbocycles. The molecule has 1 aromatic rings. The van der Waals surface area contributed by atoms with Crippen molar-refractivity contribution in [3.05, 3.63) is 28.8 Å². The molecular formula is C15H18ClN3. The van der Waals surface area contributed by atoms with Gasteiger partial charge in [0.25, 0.3) is 0 Å². The molecule has 1 unspecified atom stereocenters. The molecule has 0 amide bonds. The molecule has 0 radical (unpaired) electrons. The Morgan fingerprint density at radius 3 is 2.95 bits per heavy atom. The molecule has 2 fully saturated rings. The van der Waals surface area contributed by atoms with Gasteiger partial charge in [-0.05, 0) is 31.5 Å². The molecule has 2 heterocycles. The number of anilines is 1. The molecule has 0 bridgehead atoms. The number of piperidine rings is 1. The summed E-state index contributed by atoms with van der Waals surface area (Å²) in [6.07, 6.45) is 3.94. The first-order chi connectivity index (χ1) is 9.29. The van der Waals surface area contributed by atoms with Gasteiger partial charge in [0, 0.05) is 25.7 Å². The Balaban J connectivity index is 1.84. The number of rotatable bonds is 1. The normalized spacial score (nSPS) is 23.8. The maximum Gasteiger partial charge on any atom is 0.103 e. The minimum absolute atomic E-state index is 0.561. The molecule has 0 spiro atoms. The number of fused-ring (bicyclic) bond motifs is 1. The van der Waals surface area contributed by atoms with Gasteiger partial charge >= 0.3 is 0 Å². The molecule has 19 heavy (non-hydrogen) atoms. The van der Waals surface area contributed by atoms with Crippen LogP contribution in [-0.4, -0.2) is 37.1 Å². The second-order valence-corrected chi connectivity index (χ2v) is 5.78. The molecule has 1 atom stereocenters. The zero-order valence-corrected chi connectivity index (χ0v) is 11.7. The van der Waals surface area contributed by atoms with Crippen molar-refractivity contribution < 1.29 is 0 Å².